The van der Waals surface area contributed by atoms with Gasteiger partial charge in [-0.1, -0.05) is 50.8 Å². The standard InChI is InChI=1S/C19H30O6/c1-2-3-4-5-8-11-24-14-10-7-6-9-13(14)19-18(23)17(22)16(21)15(12-20)25-19/h6-7,9-10,15-23H,2-5,8,11-12H2,1H3/t15-,16+,17+,18-,19?/m1/s1. The van der Waals surface area contributed by atoms with E-state index in [4.69, 9.17) is 9.47 Å². The number of unbranched alkanes of at least 4 members (excludes halogenated alkanes) is 4. The molecule has 1 aliphatic heterocycles. The lowest BCUT2D eigenvalue weighted by Gasteiger charge is -2.40. The van der Waals surface area contributed by atoms with Gasteiger partial charge < -0.3 is 29.9 Å². The molecule has 1 saturated heterocycles. The Kier molecular flexibility index (Phi) is 8.12. The number of hydrogen-bond donors (Lipinski definition) is 4. The van der Waals surface area contributed by atoms with E-state index in [1.807, 2.05) is 6.07 Å². The monoisotopic (exact) mass is 354 g/mol. The molecule has 4 N–H and O–H groups in total. The van der Waals surface area contributed by atoms with Gasteiger partial charge in [0.25, 0.3) is 0 Å². The molecular formula is C19H30O6. The quantitative estimate of drug-likeness (QED) is 0.502. The Morgan fingerprint density at radius 1 is 0.960 bits per heavy atom. The first kappa shape index (κ1) is 20.1. The number of ether oxygens (including phenoxy) is 2. The normalized spacial score (nSPS) is 29.6. The van der Waals surface area contributed by atoms with Crippen LogP contribution in [0.15, 0.2) is 24.3 Å². The molecule has 0 aliphatic carbocycles. The van der Waals surface area contributed by atoms with Crippen LogP contribution in [0.1, 0.15) is 50.7 Å². The third-order valence-electron chi connectivity index (χ3n) is 4.62. The fourth-order valence-electron chi connectivity index (χ4n) is 3.09. The molecule has 2 rings (SSSR count). The first-order valence-electron chi connectivity index (χ1n) is 9.12. The van der Waals surface area contributed by atoms with E-state index in [0.717, 1.165) is 12.8 Å². The van der Waals surface area contributed by atoms with Crippen LogP contribution in [0.5, 0.6) is 5.75 Å². The molecule has 1 aromatic rings. The first-order chi connectivity index (χ1) is 12.1. The third-order valence-corrected chi connectivity index (χ3v) is 4.62. The Balaban J connectivity index is 2.03. The molecule has 25 heavy (non-hydrogen) atoms. The summed E-state index contributed by atoms with van der Waals surface area (Å²) in [5.41, 5.74) is 0.605. The SMILES string of the molecule is CCCCCCCOc1ccccc1C1O[C@H](CO)[C@H](O)[C@H](O)[C@H]1O. The molecule has 0 amide bonds. The lowest BCUT2D eigenvalue weighted by atomic mass is 9.91. The van der Waals surface area contributed by atoms with Gasteiger partial charge in [0.15, 0.2) is 0 Å². The van der Waals surface area contributed by atoms with Gasteiger partial charge in [-0.3, -0.25) is 0 Å². The van der Waals surface area contributed by atoms with E-state index in [2.05, 4.69) is 6.92 Å². The minimum Gasteiger partial charge on any atom is -0.493 e. The second-order valence-electron chi connectivity index (χ2n) is 6.55. The zero-order valence-corrected chi connectivity index (χ0v) is 14.8. The summed E-state index contributed by atoms with van der Waals surface area (Å²) in [4.78, 5) is 0. The van der Waals surface area contributed by atoms with Crippen molar-refractivity contribution in [3.8, 4) is 5.75 Å². The maximum Gasteiger partial charge on any atom is 0.125 e. The number of aliphatic hydroxyl groups is 4. The summed E-state index contributed by atoms with van der Waals surface area (Å²) in [7, 11) is 0. The lowest BCUT2D eigenvalue weighted by Crippen LogP contribution is -2.55. The molecule has 1 unspecified atom stereocenters. The van der Waals surface area contributed by atoms with Crippen molar-refractivity contribution in [3.63, 3.8) is 0 Å². The van der Waals surface area contributed by atoms with Crippen molar-refractivity contribution < 1.29 is 29.9 Å². The molecule has 1 fully saturated rings. The van der Waals surface area contributed by atoms with Gasteiger partial charge in [-0.15, -0.1) is 0 Å². The Morgan fingerprint density at radius 2 is 1.68 bits per heavy atom. The van der Waals surface area contributed by atoms with E-state index in [9.17, 15) is 20.4 Å². The van der Waals surface area contributed by atoms with Crippen LogP contribution < -0.4 is 4.74 Å². The van der Waals surface area contributed by atoms with Gasteiger partial charge in [-0.25, -0.2) is 0 Å². The molecule has 0 bridgehead atoms. The highest BCUT2D eigenvalue weighted by Crippen LogP contribution is 2.36. The Bertz CT molecular complexity index is 506. The van der Waals surface area contributed by atoms with Crippen molar-refractivity contribution in [3.05, 3.63) is 29.8 Å². The molecule has 142 valence electrons. The molecule has 1 heterocycles. The maximum absolute atomic E-state index is 10.3. The number of benzene rings is 1. The number of hydrogen-bond acceptors (Lipinski definition) is 6. The minimum absolute atomic E-state index is 0.443. The van der Waals surface area contributed by atoms with Gasteiger partial charge in [0, 0.05) is 5.56 Å². The highest BCUT2D eigenvalue weighted by atomic mass is 16.5. The summed E-state index contributed by atoms with van der Waals surface area (Å²) in [5, 5.41) is 39.5. The smallest absolute Gasteiger partial charge is 0.125 e. The molecule has 5 atom stereocenters. The molecule has 6 heteroatoms. The maximum atomic E-state index is 10.3. The van der Waals surface area contributed by atoms with Gasteiger partial charge in [0.2, 0.25) is 0 Å². The summed E-state index contributed by atoms with van der Waals surface area (Å²) in [5.74, 6) is 0.585. The van der Waals surface area contributed by atoms with E-state index in [1.54, 1.807) is 18.2 Å². The minimum atomic E-state index is -1.39. The predicted octanol–water partition coefficient (Wildman–Crippen LogP) is 1.55. The average Bonchev–Trinajstić information content (AvgIpc) is 2.63. The number of para-hydroxylation sites is 1. The van der Waals surface area contributed by atoms with Crippen molar-refractivity contribution in [2.24, 2.45) is 0 Å². The highest BCUT2D eigenvalue weighted by molar-refractivity contribution is 5.36. The first-order valence-corrected chi connectivity index (χ1v) is 9.12. The van der Waals surface area contributed by atoms with Gasteiger partial charge in [-0.2, -0.15) is 0 Å². The predicted molar refractivity (Wildman–Crippen MR) is 93.4 cm³/mol. The molecular weight excluding hydrogens is 324 g/mol. The van der Waals surface area contributed by atoms with Crippen molar-refractivity contribution >= 4 is 0 Å². The number of aliphatic hydroxyl groups excluding tert-OH is 4. The van der Waals surface area contributed by atoms with Crippen LogP contribution in [0.4, 0.5) is 0 Å². The van der Waals surface area contributed by atoms with E-state index in [1.165, 1.54) is 19.3 Å². The van der Waals surface area contributed by atoms with Crippen LogP contribution in [0.25, 0.3) is 0 Å². The Labute approximate surface area is 149 Å². The third kappa shape index (κ3) is 5.15. The summed E-state index contributed by atoms with van der Waals surface area (Å²) in [6.45, 7) is 2.30. The van der Waals surface area contributed by atoms with Gasteiger partial charge in [-0.05, 0) is 12.5 Å². The van der Waals surface area contributed by atoms with E-state index < -0.39 is 37.1 Å². The summed E-state index contributed by atoms with van der Waals surface area (Å²) in [6.07, 6.45) is -0.180. The largest absolute Gasteiger partial charge is 0.493 e. The molecule has 6 nitrogen and oxygen atoms in total. The molecule has 1 aliphatic rings. The molecule has 0 aromatic heterocycles. The van der Waals surface area contributed by atoms with Crippen molar-refractivity contribution in [2.75, 3.05) is 13.2 Å². The van der Waals surface area contributed by atoms with Crippen molar-refractivity contribution in [2.45, 2.75) is 69.5 Å². The van der Waals surface area contributed by atoms with Crippen LogP contribution in [0, 0.1) is 0 Å². The number of rotatable bonds is 9. The zero-order valence-electron chi connectivity index (χ0n) is 14.8. The van der Waals surface area contributed by atoms with Gasteiger partial charge >= 0.3 is 0 Å². The molecule has 1 aromatic carbocycles. The molecule has 0 radical (unpaired) electrons. The second kappa shape index (κ2) is 10.1. The zero-order chi connectivity index (χ0) is 18.2. The lowest BCUT2D eigenvalue weighted by molar-refractivity contribution is -0.232. The van der Waals surface area contributed by atoms with Crippen LogP contribution in [0.2, 0.25) is 0 Å². The fourth-order valence-corrected chi connectivity index (χ4v) is 3.09. The molecule has 0 spiro atoms. The van der Waals surface area contributed by atoms with E-state index in [-0.39, 0.29) is 0 Å². The summed E-state index contributed by atoms with van der Waals surface area (Å²) >= 11 is 0. The fraction of sp³-hybridized carbons (Fsp3) is 0.684. The summed E-state index contributed by atoms with van der Waals surface area (Å²) in [6, 6.07) is 7.19. The van der Waals surface area contributed by atoms with E-state index >= 15 is 0 Å². The topological polar surface area (TPSA) is 99.4 Å². The van der Waals surface area contributed by atoms with E-state index in [0.29, 0.717) is 17.9 Å². The highest BCUT2D eigenvalue weighted by Gasteiger charge is 2.44. The van der Waals surface area contributed by atoms with Crippen LogP contribution >= 0.6 is 0 Å². The van der Waals surface area contributed by atoms with Gasteiger partial charge in [0.1, 0.15) is 36.3 Å². The van der Waals surface area contributed by atoms with Crippen molar-refractivity contribution in [1.29, 1.82) is 0 Å². The second-order valence-corrected chi connectivity index (χ2v) is 6.55. The Morgan fingerprint density at radius 3 is 2.40 bits per heavy atom. The van der Waals surface area contributed by atoms with Crippen molar-refractivity contribution in [1.82, 2.24) is 0 Å². The van der Waals surface area contributed by atoms with Crippen LogP contribution in [0.3, 0.4) is 0 Å². The van der Waals surface area contributed by atoms with Crippen LogP contribution in [-0.2, 0) is 4.74 Å². The van der Waals surface area contributed by atoms with Crippen LogP contribution in [-0.4, -0.2) is 58.1 Å². The molecule has 0 saturated carbocycles. The Hall–Kier alpha value is -1.18. The van der Waals surface area contributed by atoms with Gasteiger partial charge in [0.05, 0.1) is 13.2 Å². The average molecular weight is 354 g/mol. The summed E-state index contributed by atoms with van der Waals surface area (Å²) < 4.78 is 11.5.